The number of ether oxygens (including phenoxy) is 2. The van der Waals surface area contributed by atoms with Crippen LogP contribution in [-0.4, -0.2) is 80.5 Å². The second-order valence-corrected chi connectivity index (χ2v) is 6.25. The van der Waals surface area contributed by atoms with Gasteiger partial charge in [0.15, 0.2) is 11.5 Å². The van der Waals surface area contributed by atoms with Crippen LogP contribution in [0.3, 0.4) is 0 Å². The van der Waals surface area contributed by atoms with Gasteiger partial charge >= 0.3 is 0 Å². The van der Waals surface area contributed by atoms with E-state index >= 15 is 0 Å². The number of carbonyl (C=O) groups is 2. The van der Waals surface area contributed by atoms with Gasteiger partial charge in [-0.1, -0.05) is 6.07 Å². The zero-order chi connectivity index (χ0) is 18.4. The molecule has 0 unspecified atom stereocenters. The van der Waals surface area contributed by atoms with Crippen molar-refractivity contribution in [2.45, 2.75) is 13.5 Å². The number of carbonyl (C=O) groups excluding carboxylic acids is 2. The molecule has 25 heavy (non-hydrogen) atoms. The van der Waals surface area contributed by atoms with E-state index in [0.717, 1.165) is 18.7 Å². The van der Waals surface area contributed by atoms with Crippen LogP contribution >= 0.6 is 0 Å². The molecule has 1 aliphatic heterocycles. The Morgan fingerprint density at radius 3 is 2.28 bits per heavy atom. The van der Waals surface area contributed by atoms with Crippen LogP contribution in [0.4, 0.5) is 0 Å². The number of likely N-dealkylation sites (N-methyl/N-ethyl adjacent to an activating group) is 1. The molecule has 7 nitrogen and oxygen atoms in total. The van der Waals surface area contributed by atoms with Crippen LogP contribution in [0.2, 0.25) is 0 Å². The van der Waals surface area contributed by atoms with Gasteiger partial charge in [-0.2, -0.15) is 0 Å². The topological polar surface area (TPSA) is 62.3 Å². The van der Waals surface area contributed by atoms with Crippen molar-refractivity contribution in [3.63, 3.8) is 0 Å². The Morgan fingerprint density at radius 1 is 1.08 bits per heavy atom. The summed E-state index contributed by atoms with van der Waals surface area (Å²) < 4.78 is 10.5. The molecule has 2 amide bonds. The van der Waals surface area contributed by atoms with E-state index in [2.05, 4.69) is 4.90 Å². The second-order valence-electron chi connectivity index (χ2n) is 6.25. The fourth-order valence-corrected chi connectivity index (χ4v) is 2.80. The molecule has 0 aromatic heterocycles. The van der Waals surface area contributed by atoms with Gasteiger partial charge in [-0.3, -0.25) is 9.59 Å². The highest BCUT2D eigenvalue weighted by Gasteiger charge is 2.22. The lowest BCUT2D eigenvalue weighted by Gasteiger charge is -2.33. The summed E-state index contributed by atoms with van der Waals surface area (Å²) in [5.74, 6) is 1.10. The van der Waals surface area contributed by atoms with Crippen molar-refractivity contribution in [3.05, 3.63) is 23.8 Å². The van der Waals surface area contributed by atoms with E-state index in [9.17, 15) is 9.59 Å². The first-order valence-electron chi connectivity index (χ1n) is 8.37. The first-order valence-corrected chi connectivity index (χ1v) is 8.37. The molecule has 0 N–H and O–H groups in total. The highest BCUT2D eigenvalue weighted by atomic mass is 16.5. The highest BCUT2D eigenvalue weighted by Crippen LogP contribution is 2.28. The Balaban J connectivity index is 2.03. The molecule has 1 fully saturated rings. The Hall–Kier alpha value is -2.28. The molecule has 0 bridgehead atoms. The van der Waals surface area contributed by atoms with Crippen LogP contribution in [-0.2, 0) is 16.1 Å². The number of piperazine rings is 1. The normalized spacial score (nSPS) is 15.0. The number of hydrogen-bond donors (Lipinski definition) is 0. The standard InChI is InChI=1S/C18H27N3O4/c1-14(22)21(13-18(23)20-9-7-19(2)8-10-20)12-15-5-6-16(24-3)17(11-15)25-4/h5-6,11H,7-10,12-13H2,1-4H3. The van der Waals surface area contributed by atoms with Crippen molar-refractivity contribution in [3.8, 4) is 11.5 Å². The third kappa shape index (κ3) is 5.09. The minimum Gasteiger partial charge on any atom is -0.493 e. The fraction of sp³-hybridized carbons (Fsp3) is 0.556. The summed E-state index contributed by atoms with van der Waals surface area (Å²) in [5, 5.41) is 0. The molecule has 1 aromatic rings. The van der Waals surface area contributed by atoms with Gasteiger partial charge in [0.05, 0.1) is 14.2 Å². The molecule has 1 saturated heterocycles. The maximum absolute atomic E-state index is 12.5. The average molecular weight is 349 g/mol. The summed E-state index contributed by atoms with van der Waals surface area (Å²) in [6.07, 6.45) is 0. The summed E-state index contributed by atoms with van der Waals surface area (Å²) in [4.78, 5) is 30.1. The fourth-order valence-electron chi connectivity index (χ4n) is 2.80. The van der Waals surface area contributed by atoms with Crippen molar-refractivity contribution in [2.24, 2.45) is 0 Å². The Kier molecular flexibility index (Phi) is 6.64. The molecule has 0 radical (unpaired) electrons. The first kappa shape index (κ1) is 19.1. The molecule has 0 spiro atoms. The van der Waals surface area contributed by atoms with Crippen LogP contribution in [0.5, 0.6) is 11.5 Å². The SMILES string of the molecule is COc1ccc(CN(CC(=O)N2CCN(C)CC2)C(C)=O)cc1OC. The number of rotatable bonds is 6. The zero-order valence-corrected chi connectivity index (χ0v) is 15.4. The van der Waals surface area contributed by atoms with Crippen molar-refractivity contribution in [2.75, 3.05) is 54.0 Å². The van der Waals surface area contributed by atoms with E-state index in [1.807, 2.05) is 24.1 Å². The van der Waals surface area contributed by atoms with E-state index in [1.165, 1.54) is 6.92 Å². The Morgan fingerprint density at radius 2 is 1.72 bits per heavy atom. The van der Waals surface area contributed by atoms with E-state index < -0.39 is 0 Å². The van der Waals surface area contributed by atoms with Gasteiger partial charge in [-0.25, -0.2) is 0 Å². The molecule has 138 valence electrons. The van der Waals surface area contributed by atoms with Crippen molar-refractivity contribution in [1.82, 2.24) is 14.7 Å². The maximum Gasteiger partial charge on any atom is 0.242 e. The average Bonchev–Trinajstić information content (AvgIpc) is 2.61. The summed E-state index contributed by atoms with van der Waals surface area (Å²) in [6, 6.07) is 5.50. The van der Waals surface area contributed by atoms with Crippen LogP contribution < -0.4 is 9.47 Å². The summed E-state index contributed by atoms with van der Waals surface area (Å²) in [6.45, 7) is 5.07. The monoisotopic (exact) mass is 349 g/mol. The largest absolute Gasteiger partial charge is 0.493 e. The maximum atomic E-state index is 12.5. The third-order valence-corrected chi connectivity index (χ3v) is 4.45. The zero-order valence-electron chi connectivity index (χ0n) is 15.4. The Bertz CT molecular complexity index is 612. The van der Waals surface area contributed by atoms with Gasteiger partial charge in [-0.15, -0.1) is 0 Å². The number of amides is 2. The lowest BCUT2D eigenvalue weighted by Crippen LogP contribution is -2.50. The molecule has 1 aromatic carbocycles. The van der Waals surface area contributed by atoms with E-state index in [1.54, 1.807) is 25.2 Å². The quantitative estimate of drug-likeness (QED) is 0.761. The van der Waals surface area contributed by atoms with E-state index in [0.29, 0.717) is 31.1 Å². The minimum absolute atomic E-state index is 0.0104. The van der Waals surface area contributed by atoms with Crippen molar-refractivity contribution >= 4 is 11.8 Å². The van der Waals surface area contributed by atoms with Gasteiger partial charge in [-0.05, 0) is 24.7 Å². The smallest absolute Gasteiger partial charge is 0.242 e. The van der Waals surface area contributed by atoms with Crippen molar-refractivity contribution < 1.29 is 19.1 Å². The number of hydrogen-bond acceptors (Lipinski definition) is 5. The number of benzene rings is 1. The van der Waals surface area contributed by atoms with Crippen LogP contribution in [0, 0.1) is 0 Å². The minimum atomic E-state index is -0.128. The second kappa shape index (κ2) is 8.71. The number of methoxy groups -OCH3 is 2. The molecule has 2 rings (SSSR count). The van der Waals surface area contributed by atoms with E-state index in [-0.39, 0.29) is 18.4 Å². The first-order chi connectivity index (χ1) is 11.9. The van der Waals surface area contributed by atoms with E-state index in [4.69, 9.17) is 9.47 Å². The highest BCUT2D eigenvalue weighted by molar-refractivity contribution is 5.84. The van der Waals surface area contributed by atoms with Gasteiger partial charge in [0.25, 0.3) is 0 Å². The van der Waals surface area contributed by atoms with Gasteiger partial charge < -0.3 is 24.2 Å². The van der Waals surface area contributed by atoms with Crippen LogP contribution in [0.1, 0.15) is 12.5 Å². The lowest BCUT2D eigenvalue weighted by molar-refractivity contribution is -0.140. The van der Waals surface area contributed by atoms with Crippen molar-refractivity contribution in [1.29, 1.82) is 0 Å². The third-order valence-electron chi connectivity index (χ3n) is 4.45. The predicted octanol–water partition coefficient (Wildman–Crippen LogP) is 0.826. The predicted molar refractivity (Wildman–Crippen MR) is 94.7 cm³/mol. The molecule has 0 aliphatic carbocycles. The summed E-state index contributed by atoms with van der Waals surface area (Å²) >= 11 is 0. The van der Waals surface area contributed by atoms with Crippen LogP contribution in [0.25, 0.3) is 0 Å². The molecule has 1 heterocycles. The molecule has 0 saturated carbocycles. The summed E-state index contributed by atoms with van der Waals surface area (Å²) in [5.41, 5.74) is 0.888. The van der Waals surface area contributed by atoms with Gasteiger partial charge in [0, 0.05) is 39.6 Å². The van der Waals surface area contributed by atoms with Gasteiger partial charge in [0.1, 0.15) is 6.54 Å². The number of nitrogens with zero attached hydrogens (tertiary/aromatic N) is 3. The molecule has 0 atom stereocenters. The lowest BCUT2D eigenvalue weighted by atomic mass is 10.2. The molecular weight excluding hydrogens is 322 g/mol. The Labute approximate surface area is 149 Å². The van der Waals surface area contributed by atoms with Crippen LogP contribution in [0.15, 0.2) is 18.2 Å². The summed E-state index contributed by atoms with van der Waals surface area (Å²) in [7, 11) is 5.19. The molecule has 7 heteroatoms. The molecule has 1 aliphatic rings. The molecular formula is C18H27N3O4. The van der Waals surface area contributed by atoms with Gasteiger partial charge in [0.2, 0.25) is 11.8 Å².